The number of carbonyl (C=O) groups excluding carboxylic acids is 1. The molecule has 0 unspecified atom stereocenters. The minimum absolute atomic E-state index is 0.285. The van der Waals surface area contributed by atoms with E-state index in [1.807, 2.05) is 62.4 Å². The maximum Gasteiger partial charge on any atom is 0.274 e. The molecule has 6 heteroatoms. The normalized spacial score (nSPS) is 10.3. The lowest BCUT2D eigenvalue weighted by molar-refractivity contribution is 0.102. The third-order valence-corrected chi connectivity index (χ3v) is 3.80. The monoisotopic (exact) mass is 362 g/mol. The molecule has 2 N–H and O–H groups in total. The zero-order valence-electron chi connectivity index (χ0n) is 15.6. The number of anilines is 3. The third kappa shape index (κ3) is 4.82. The Hall–Kier alpha value is -3.41. The molecule has 0 bridgehead atoms. The average molecular weight is 362 g/mol. The summed E-state index contributed by atoms with van der Waals surface area (Å²) in [6.45, 7) is 6.22. The van der Waals surface area contributed by atoms with Crippen molar-refractivity contribution in [1.29, 1.82) is 0 Å². The Kier molecular flexibility index (Phi) is 5.66. The molecule has 3 rings (SSSR count). The van der Waals surface area contributed by atoms with Crippen LogP contribution in [-0.4, -0.2) is 22.5 Å². The number of benzene rings is 2. The van der Waals surface area contributed by atoms with Gasteiger partial charge in [0.05, 0.1) is 12.3 Å². The van der Waals surface area contributed by atoms with Gasteiger partial charge < -0.3 is 15.4 Å². The van der Waals surface area contributed by atoms with E-state index in [2.05, 4.69) is 20.6 Å². The Morgan fingerprint density at radius 2 is 1.85 bits per heavy atom. The highest BCUT2D eigenvalue weighted by Gasteiger charge is 2.12. The molecular weight excluding hydrogens is 340 g/mol. The summed E-state index contributed by atoms with van der Waals surface area (Å²) in [5, 5.41) is 6.08. The molecule has 138 valence electrons. The Labute approximate surface area is 158 Å². The molecular formula is C21H22N4O2. The van der Waals surface area contributed by atoms with Gasteiger partial charge in [-0.25, -0.2) is 9.97 Å². The number of carbonyl (C=O) groups is 1. The van der Waals surface area contributed by atoms with Crippen molar-refractivity contribution in [3.63, 3.8) is 0 Å². The molecule has 0 fully saturated rings. The fourth-order valence-electron chi connectivity index (χ4n) is 2.66. The number of rotatable bonds is 6. The van der Waals surface area contributed by atoms with Crippen LogP contribution < -0.4 is 15.4 Å². The Morgan fingerprint density at radius 1 is 1.04 bits per heavy atom. The van der Waals surface area contributed by atoms with Crippen LogP contribution in [0.2, 0.25) is 0 Å². The van der Waals surface area contributed by atoms with Crippen molar-refractivity contribution < 1.29 is 9.53 Å². The number of aryl methyl sites for hydroxylation is 2. The maximum absolute atomic E-state index is 12.6. The SMILES string of the molecule is CCOc1ccccc1Nc1cc(C(=O)Nc2cccc(C)c2)nc(C)n1. The lowest BCUT2D eigenvalue weighted by Crippen LogP contribution is -2.15. The first-order valence-electron chi connectivity index (χ1n) is 8.77. The largest absolute Gasteiger partial charge is 0.492 e. The second-order valence-electron chi connectivity index (χ2n) is 6.06. The van der Waals surface area contributed by atoms with Gasteiger partial charge in [0.15, 0.2) is 0 Å². The van der Waals surface area contributed by atoms with Gasteiger partial charge in [-0.05, 0) is 50.6 Å². The summed E-state index contributed by atoms with van der Waals surface area (Å²) in [5.41, 5.74) is 2.87. The summed E-state index contributed by atoms with van der Waals surface area (Å²) in [6.07, 6.45) is 0. The van der Waals surface area contributed by atoms with E-state index < -0.39 is 0 Å². The minimum Gasteiger partial charge on any atom is -0.492 e. The molecule has 2 aromatic carbocycles. The Bertz CT molecular complexity index is 956. The van der Waals surface area contributed by atoms with Crippen LogP contribution >= 0.6 is 0 Å². The van der Waals surface area contributed by atoms with E-state index in [4.69, 9.17) is 4.74 Å². The number of hydrogen-bond acceptors (Lipinski definition) is 5. The average Bonchev–Trinajstić information content (AvgIpc) is 2.63. The first-order chi connectivity index (χ1) is 13.0. The highest BCUT2D eigenvalue weighted by atomic mass is 16.5. The zero-order chi connectivity index (χ0) is 19.2. The number of nitrogens with one attached hydrogen (secondary N) is 2. The van der Waals surface area contributed by atoms with Gasteiger partial charge >= 0.3 is 0 Å². The van der Waals surface area contributed by atoms with Gasteiger partial charge in [0.1, 0.15) is 23.1 Å². The van der Waals surface area contributed by atoms with Crippen molar-refractivity contribution >= 4 is 23.1 Å². The second-order valence-corrected chi connectivity index (χ2v) is 6.06. The molecule has 27 heavy (non-hydrogen) atoms. The summed E-state index contributed by atoms with van der Waals surface area (Å²) >= 11 is 0. The van der Waals surface area contributed by atoms with Crippen molar-refractivity contribution in [2.75, 3.05) is 17.2 Å². The molecule has 1 amide bonds. The third-order valence-electron chi connectivity index (χ3n) is 3.80. The molecule has 0 radical (unpaired) electrons. The molecule has 1 heterocycles. The topological polar surface area (TPSA) is 76.1 Å². The number of nitrogens with zero attached hydrogens (tertiary/aromatic N) is 2. The molecule has 3 aromatic rings. The molecule has 0 spiro atoms. The van der Waals surface area contributed by atoms with Gasteiger partial charge in [-0.2, -0.15) is 0 Å². The zero-order valence-corrected chi connectivity index (χ0v) is 15.6. The van der Waals surface area contributed by atoms with Crippen LogP contribution in [0.25, 0.3) is 0 Å². The number of hydrogen-bond donors (Lipinski definition) is 2. The highest BCUT2D eigenvalue weighted by Crippen LogP contribution is 2.27. The van der Waals surface area contributed by atoms with Gasteiger partial charge in [-0.3, -0.25) is 4.79 Å². The van der Waals surface area contributed by atoms with Crippen LogP contribution in [0.3, 0.4) is 0 Å². The highest BCUT2D eigenvalue weighted by molar-refractivity contribution is 6.03. The van der Waals surface area contributed by atoms with E-state index in [1.54, 1.807) is 13.0 Å². The van der Waals surface area contributed by atoms with Gasteiger partial charge in [0.25, 0.3) is 5.91 Å². The predicted molar refractivity (Wildman–Crippen MR) is 107 cm³/mol. The molecule has 1 aromatic heterocycles. The van der Waals surface area contributed by atoms with Gasteiger partial charge in [-0.15, -0.1) is 0 Å². The van der Waals surface area contributed by atoms with Crippen LogP contribution in [0.1, 0.15) is 28.8 Å². The quantitative estimate of drug-likeness (QED) is 0.676. The number of para-hydroxylation sites is 2. The van der Waals surface area contributed by atoms with E-state index in [9.17, 15) is 4.79 Å². The number of amides is 1. The molecule has 0 aliphatic rings. The summed E-state index contributed by atoms with van der Waals surface area (Å²) in [6, 6.07) is 16.8. The van der Waals surface area contributed by atoms with E-state index in [0.29, 0.717) is 23.9 Å². The summed E-state index contributed by atoms with van der Waals surface area (Å²) < 4.78 is 5.62. The van der Waals surface area contributed by atoms with Crippen LogP contribution in [0.15, 0.2) is 54.6 Å². The predicted octanol–water partition coefficient (Wildman–Crippen LogP) is 4.49. The molecule has 0 atom stereocenters. The van der Waals surface area contributed by atoms with E-state index >= 15 is 0 Å². The van der Waals surface area contributed by atoms with Gasteiger partial charge in [0.2, 0.25) is 0 Å². The van der Waals surface area contributed by atoms with Crippen molar-refractivity contribution in [2.45, 2.75) is 20.8 Å². The van der Waals surface area contributed by atoms with Gasteiger partial charge in [0, 0.05) is 11.8 Å². The molecule has 0 saturated heterocycles. The Balaban J connectivity index is 1.83. The molecule has 0 aliphatic carbocycles. The first-order valence-corrected chi connectivity index (χ1v) is 8.77. The fraction of sp³-hybridized carbons (Fsp3) is 0.190. The lowest BCUT2D eigenvalue weighted by atomic mass is 10.2. The van der Waals surface area contributed by atoms with Crippen molar-refractivity contribution in [2.24, 2.45) is 0 Å². The number of ether oxygens (including phenoxy) is 1. The lowest BCUT2D eigenvalue weighted by Gasteiger charge is -2.13. The summed E-state index contributed by atoms with van der Waals surface area (Å²) in [4.78, 5) is 21.2. The minimum atomic E-state index is -0.285. The Morgan fingerprint density at radius 3 is 2.63 bits per heavy atom. The maximum atomic E-state index is 12.6. The smallest absolute Gasteiger partial charge is 0.274 e. The van der Waals surface area contributed by atoms with Crippen LogP contribution in [-0.2, 0) is 0 Å². The molecule has 0 aliphatic heterocycles. The van der Waals surface area contributed by atoms with Crippen LogP contribution in [0.4, 0.5) is 17.2 Å². The second kappa shape index (κ2) is 8.31. The van der Waals surface area contributed by atoms with Crippen LogP contribution in [0.5, 0.6) is 5.75 Å². The van der Waals surface area contributed by atoms with E-state index in [-0.39, 0.29) is 5.91 Å². The molecule has 0 saturated carbocycles. The van der Waals surface area contributed by atoms with E-state index in [0.717, 1.165) is 22.7 Å². The number of aromatic nitrogens is 2. The molecule has 6 nitrogen and oxygen atoms in total. The van der Waals surface area contributed by atoms with Crippen molar-refractivity contribution in [1.82, 2.24) is 9.97 Å². The standard InChI is InChI=1S/C21H22N4O2/c1-4-27-19-11-6-5-10-17(19)25-20-13-18(22-15(3)23-20)21(26)24-16-9-7-8-14(2)12-16/h5-13H,4H2,1-3H3,(H,24,26)(H,22,23,25). The summed E-state index contributed by atoms with van der Waals surface area (Å²) in [5.74, 6) is 1.47. The summed E-state index contributed by atoms with van der Waals surface area (Å²) in [7, 11) is 0. The fourth-order valence-corrected chi connectivity index (χ4v) is 2.66. The van der Waals surface area contributed by atoms with Crippen molar-refractivity contribution in [3.8, 4) is 5.75 Å². The first kappa shape index (κ1) is 18.4. The van der Waals surface area contributed by atoms with Crippen molar-refractivity contribution in [3.05, 3.63) is 71.7 Å². The van der Waals surface area contributed by atoms with E-state index in [1.165, 1.54) is 0 Å². The van der Waals surface area contributed by atoms with Gasteiger partial charge in [-0.1, -0.05) is 24.3 Å². The van der Waals surface area contributed by atoms with Crippen LogP contribution in [0, 0.1) is 13.8 Å².